The third-order valence-corrected chi connectivity index (χ3v) is 4.25. The van der Waals surface area contributed by atoms with Crippen molar-refractivity contribution >= 4 is 26.7 Å². The van der Waals surface area contributed by atoms with Crippen LogP contribution in [0.3, 0.4) is 0 Å². The largest absolute Gasteiger partial charge is 0.305 e. The van der Waals surface area contributed by atoms with E-state index in [2.05, 4.69) is 75.6 Å². The van der Waals surface area contributed by atoms with Crippen molar-refractivity contribution in [2.24, 2.45) is 0 Å². The first-order valence-corrected chi connectivity index (χ1v) is 7.91. The van der Waals surface area contributed by atoms with Crippen LogP contribution in [0.4, 0.5) is 0 Å². The zero-order valence-electron chi connectivity index (χ0n) is 11.9. The molecule has 2 aromatic carbocycles. The molecule has 0 saturated carbocycles. The van der Waals surface area contributed by atoms with Crippen LogP contribution in [-0.2, 0) is 0 Å². The van der Waals surface area contributed by atoms with E-state index in [0.717, 1.165) is 16.7 Å². The van der Waals surface area contributed by atoms with Gasteiger partial charge in [0.25, 0.3) is 0 Å². The number of fused-ring (bicyclic) bond motifs is 1. The summed E-state index contributed by atoms with van der Waals surface area (Å²) in [5.74, 6) is 0. The fraction of sp³-hybridized carbons (Fsp3) is 0.167. The number of aromatic nitrogens is 1. The van der Waals surface area contributed by atoms with Gasteiger partial charge in [-0.2, -0.15) is 0 Å². The Kier molecular flexibility index (Phi) is 4.32. The molecule has 106 valence electrons. The van der Waals surface area contributed by atoms with Gasteiger partial charge in [0, 0.05) is 10.7 Å². The maximum atomic E-state index is 4.54. The van der Waals surface area contributed by atoms with Crippen LogP contribution in [-0.4, -0.2) is 11.5 Å². The molecule has 0 aliphatic carbocycles. The lowest BCUT2D eigenvalue weighted by Gasteiger charge is -2.19. The Morgan fingerprint density at radius 2 is 1.86 bits per heavy atom. The predicted molar refractivity (Wildman–Crippen MR) is 91.4 cm³/mol. The Hall–Kier alpha value is -1.71. The molecule has 2 nitrogen and oxygen atoms in total. The second kappa shape index (κ2) is 6.37. The number of hydrogen-bond acceptors (Lipinski definition) is 2. The van der Waals surface area contributed by atoms with Crippen molar-refractivity contribution in [3.8, 4) is 0 Å². The van der Waals surface area contributed by atoms with Gasteiger partial charge in [-0.05, 0) is 57.0 Å². The van der Waals surface area contributed by atoms with E-state index in [1.807, 2.05) is 18.3 Å². The number of nitrogens with zero attached hydrogens (tertiary/aromatic N) is 1. The first kappa shape index (κ1) is 14.2. The summed E-state index contributed by atoms with van der Waals surface area (Å²) in [6.07, 6.45) is 1.84. The quantitative estimate of drug-likeness (QED) is 0.744. The molecule has 0 bridgehead atoms. The van der Waals surface area contributed by atoms with Gasteiger partial charge in [0.1, 0.15) is 0 Å². The minimum Gasteiger partial charge on any atom is -0.305 e. The van der Waals surface area contributed by atoms with Crippen LogP contribution >= 0.6 is 15.9 Å². The number of hydrogen-bond donors (Lipinski definition) is 1. The molecule has 1 atom stereocenters. The summed E-state index contributed by atoms with van der Waals surface area (Å²) >= 11 is 3.61. The van der Waals surface area contributed by atoms with Crippen LogP contribution in [0.15, 0.2) is 65.3 Å². The molecule has 0 aliphatic heterocycles. The van der Waals surface area contributed by atoms with E-state index >= 15 is 0 Å². The van der Waals surface area contributed by atoms with Crippen LogP contribution in [0.1, 0.15) is 24.2 Å². The van der Waals surface area contributed by atoms with Crippen LogP contribution in [0.5, 0.6) is 0 Å². The molecule has 1 heterocycles. The third kappa shape index (κ3) is 2.99. The maximum Gasteiger partial charge on any atom is 0.0763 e. The highest BCUT2D eigenvalue weighted by atomic mass is 79.9. The molecule has 3 rings (SSSR count). The summed E-state index contributed by atoms with van der Waals surface area (Å²) in [6.45, 7) is 3.01. The Labute approximate surface area is 133 Å². The van der Waals surface area contributed by atoms with Crippen LogP contribution in [0, 0.1) is 0 Å². The number of halogens is 1. The fourth-order valence-corrected chi connectivity index (χ4v) is 3.06. The van der Waals surface area contributed by atoms with Gasteiger partial charge in [0.2, 0.25) is 0 Å². The van der Waals surface area contributed by atoms with Crippen LogP contribution < -0.4 is 5.32 Å². The lowest BCUT2D eigenvalue weighted by Crippen LogP contribution is -2.23. The summed E-state index contributed by atoms with van der Waals surface area (Å²) < 4.78 is 1.03. The summed E-state index contributed by atoms with van der Waals surface area (Å²) in [5.41, 5.74) is 2.25. The topological polar surface area (TPSA) is 24.9 Å². The molecule has 0 aliphatic rings. The van der Waals surface area contributed by atoms with Gasteiger partial charge in [-0.15, -0.1) is 0 Å². The van der Waals surface area contributed by atoms with Gasteiger partial charge in [0.05, 0.1) is 11.7 Å². The predicted octanol–water partition coefficient (Wildman–Crippen LogP) is 4.70. The smallest absolute Gasteiger partial charge is 0.0763 e. The number of nitrogens with one attached hydrogen (secondary N) is 1. The molecule has 0 radical (unpaired) electrons. The normalized spacial score (nSPS) is 12.5. The standard InChI is InChI=1S/C18H17BrN2/c1-2-20-17(18-16(19)8-5-11-21-18)15-10-9-13-6-3-4-7-14(13)12-15/h3-12,17,20H,2H2,1H3. The van der Waals surface area contributed by atoms with Gasteiger partial charge >= 0.3 is 0 Å². The number of benzene rings is 2. The van der Waals surface area contributed by atoms with E-state index in [-0.39, 0.29) is 6.04 Å². The lowest BCUT2D eigenvalue weighted by atomic mass is 9.99. The molecule has 3 aromatic rings. The summed E-state index contributed by atoms with van der Waals surface area (Å²) in [7, 11) is 0. The fourth-order valence-electron chi connectivity index (χ4n) is 2.57. The molecule has 1 N–H and O–H groups in total. The highest BCUT2D eigenvalue weighted by molar-refractivity contribution is 9.10. The van der Waals surface area contributed by atoms with Crippen LogP contribution in [0.2, 0.25) is 0 Å². The maximum absolute atomic E-state index is 4.54. The van der Waals surface area contributed by atoms with Crippen molar-refractivity contribution in [1.82, 2.24) is 10.3 Å². The summed E-state index contributed by atoms with van der Waals surface area (Å²) in [5, 5.41) is 6.04. The minimum absolute atomic E-state index is 0.0928. The first-order chi connectivity index (χ1) is 10.3. The Balaban J connectivity index is 2.09. The van der Waals surface area contributed by atoms with Crippen molar-refractivity contribution in [2.75, 3.05) is 6.54 Å². The highest BCUT2D eigenvalue weighted by Crippen LogP contribution is 2.28. The zero-order valence-corrected chi connectivity index (χ0v) is 13.5. The van der Waals surface area contributed by atoms with Gasteiger partial charge < -0.3 is 5.32 Å². The average Bonchev–Trinajstić information content (AvgIpc) is 2.53. The van der Waals surface area contributed by atoms with Gasteiger partial charge in [0.15, 0.2) is 0 Å². The molecule has 1 aromatic heterocycles. The van der Waals surface area contributed by atoms with E-state index < -0.39 is 0 Å². The first-order valence-electron chi connectivity index (χ1n) is 7.12. The molecule has 0 fully saturated rings. The van der Waals surface area contributed by atoms with Gasteiger partial charge in [-0.25, -0.2) is 0 Å². The molecule has 0 spiro atoms. The number of rotatable bonds is 4. The monoisotopic (exact) mass is 340 g/mol. The lowest BCUT2D eigenvalue weighted by molar-refractivity contribution is 0.613. The molecule has 21 heavy (non-hydrogen) atoms. The summed E-state index contributed by atoms with van der Waals surface area (Å²) in [4.78, 5) is 4.54. The second-order valence-electron chi connectivity index (χ2n) is 4.97. The van der Waals surface area contributed by atoms with Crippen LogP contribution in [0.25, 0.3) is 10.8 Å². The van der Waals surface area contributed by atoms with E-state index in [1.54, 1.807) is 0 Å². The minimum atomic E-state index is 0.0928. The molecule has 3 heteroatoms. The van der Waals surface area contributed by atoms with Gasteiger partial charge in [-0.1, -0.05) is 43.3 Å². The second-order valence-corrected chi connectivity index (χ2v) is 5.82. The van der Waals surface area contributed by atoms with E-state index in [9.17, 15) is 0 Å². The third-order valence-electron chi connectivity index (χ3n) is 3.58. The van der Waals surface area contributed by atoms with Crippen molar-refractivity contribution in [2.45, 2.75) is 13.0 Å². The molecular weight excluding hydrogens is 324 g/mol. The zero-order chi connectivity index (χ0) is 14.7. The van der Waals surface area contributed by atoms with Gasteiger partial charge in [-0.3, -0.25) is 4.98 Å². The Bertz CT molecular complexity index is 755. The molecular formula is C18H17BrN2. The molecule has 1 unspecified atom stereocenters. The summed E-state index contributed by atoms with van der Waals surface area (Å²) in [6, 6.07) is 19.1. The van der Waals surface area contributed by atoms with Crippen molar-refractivity contribution < 1.29 is 0 Å². The van der Waals surface area contributed by atoms with E-state index in [4.69, 9.17) is 0 Å². The highest BCUT2D eigenvalue weighted by Gasteiger charge is 2.17. The van der Waals surface area contributed by atoms with E-state index in [1.165, 1.54) is 16.3 Å². The molecule has 0 saturated heterocycles. The van der Waals surface area contributed by atoms with Crippen molar-refractivity contribution in [3.63, 3.8) is 0 Å². The van der Waals surface area contributed by atoms with E-state index in [0.29, 0.717) is 0 Å². The number of pyridine rings is 1. The van der Waals surface area contributed by atoms with Crippen molar-refractivity contribution in [1.29, 1.82) is 0 Å². The Morgan fingerprint density at radius 3 is 2.62 bits per heavy atom. The Morgan fingerprint density at radius 1 is 1.05 bits per heavy atom. The average molecular weight is 341 g/mol. The molecule has 0 amide bonds. The van der Waals surface area contributed by atoms with Crippen molar-refractivity contribution in [3.05, 3.63) is 76.5 Å². The SMILES string of the molecule is CCNC(c1ccc2ccccc2c1)c1ncccc1Br.